The zero-order chi connectivity index (χ0) is 13.2. The van der Waals surface area contributed by atoms with Crippen LogP contribution in [-0.4, -0.2) is 13.4 Å². The Morgan fingerprint density at radius 1 is 1.44 bits per heavy atom. The van der Waals surface area contributed by atoms with Gasteiger partial charge in [-0.3, -0.25) is 4.98 Å². The highest BCUT2D eigenvalue weighted by atomic mass is 35.5. The van der Waals surface area contributed by atoms with E-state index in [1.807, 2.05) is 0 Å². The molecule has 0 aliphatic heterocycles. The molecule has 96 valence electrons. The predicted molar refractivity (Wildman–Crippen MR) is 72.0 cm³/mol. The Kier molecular flexibility index (Phi) is 3.86. The molecule has 0 amide bonds. The lowest BCUT2D eigenvalue weighted by atomic mass is 10.3. The van der Waals surface area contributed by atoms with Crippen molar-refractivity contribution in [3.63, 3.8) is 0 Å². The fourth-order valence-corrected chi connectivity index (χ4v) is 3.49. The molecule has 1 aromatic heterocycles. The number of rotatable bonds is 4. The van der Waals surface area contributed by atoms with Crippen LogP contribution in [0.25, 0.3) is 0 Å². The molecule has 0 spiro atoms. The third kappa shape index (κ3) is 2.99. The van der Waals surface area contributed by atoms with E-state index in [9.17, 15) is 8.42 Å². The number of nitrogen functional groups attached to an aromatic ring is 1. The van der Waals surface area contributed by atoms with E-state index in [-0.39, 0.29) is 16.5 Å². The maximum absolute atomic E-state index is 12.0. The smallest absolute Gasteiger partial charge is 0.242 e. The van der Waals surface area contributed by atoms with Crippen molar-refractivity contribution in [3.05, 3.63) is 39.8 Å². The van der Waals surface area contributed by atoms with Crippen molar-refractivity contribution >= 4 is 38.6 Å². The van der Waals surface area contributed by atoms with Gasteiger partial charge in [0.05, 0.1) is 10.5 Å². The van der Waals surface area contributed by atoms with Crippen molar-refractivity contribution in [2.45, 2.75) is 11.4 Å². The summed E-state index contributed by atoms with van der Waals surface area (Å²) in [6, 6.07) is 4.28. The Morgan fingerprint density at radius 3 is 2.83 bits per heavy atom. The Labute approximate surface area is 114 Å². The van der Waals surface area contributed by atoms with Crippen molar-refractivity contribution in [2.75, 3.05) is 5.73 Å². The predicted octanol–water partition coefficient (Wildman–Crippen LogP) is 1.86. The van der Waals surface area contributed by atoms with Crippen LogP contribution in [0.1, 0.15) is 4.88 Å². The summed E-state index contributed by atoms with van der Waals surface area (Å²) in [5.74, 6) is 0. The van der Waals surface area contributed by atoms with Gasteiger partial charge in [-0.05, 0) is 18.2 Å². The molecule has 2 aromatic rings. The summed E-state index contributed by atoms with van der Waals surface area (Å²) in [6.45, 7) is 0.188. The largest absolute Gasteiger partial charge is 0.399 e. The normalized spacial score (nSPS) is 11.6. The number of sulfonamides is 1. The molecule has 5 nitrogen and oxygen atoms in total. The van der Waals surface area contributed by atoms with Crippen LogP contribution in [0.3, 0.4) is 0 Å². The zero-order valence-electron chi connectivity index (χ0n) is 9.13. The Morgan fingerprint density at radius 2 is 2.22 bits per heavy atom. The summed E-state index contributed by atoms with van der Waals surface area (Å²) >= 11 is 7.24. The van der Waals surface area contributed by atoms with Crippen LogP contribution >= 0.6 is 22.9 Å². The fraction of sp³-hybridized carbons (Fsp3) is 0.100. The number of anilines is 1. The number of nitrogens with one attached hydrogen (secondary N) is 1. The van der Waals surface area contributed by atoms with Crippen molar-refractivity contribution in [2.24, 2.45) is 0 Å². The average molecular weight is 304 g/mol. The number of hydrogen-bond acceptors (Lipinski definition) is 5. The first-order valence-corrected chi connectivity index (χ1v) is 7.65. The molecule has 0 unspecified atom stereocenters. The third-order valence-electron chi connectivity index (χ3n) is 2.17. The second-order valence-electron chi connectivity index (χ2n) is 3.48. The standard InChI is InChI=1S/C10H10ClN3O2S2/c11-9-3-7(12)1-2-10(9)18(15,16)14-5-8-4-13-6-17-8/h1-4,6,14H,5,12H2. The van der Waals surface area contributed by atoms with Crippen LogP contribution in [0.4, 0.5) is 5.69 Å². The van der Waals surface area contributed by atoms with E-state index in [0.29, 0.717) is 5.69 Å². The maximum Gasteiger partial charge on any atom is 0.242 e. The monoisotopic (exact) mass is 303 g/mol. The molecular formula is C10H10ClN3O2S2. The van der Waals surface area contributed by atoms with Gasteiger partial charge >= 0.3 is 0 Å². The molecule has 8 heteroatoms. The van der Waals surface area contributed by atoms with Crippen molar-refractivity contribution in [1.82, 2.24) is 9.71 Å². The van der Waals surface area contributed by atoms with E-state index in [2.05, 4.69) is 9.71 Å². The zero-order valence-corrected chi connectivity index (χ0v) is 11.5. The van der Waals surface area contributed by atoms with E-state index in [1.165, 1.54) is 29.5 Å². The summed E-state index contributed by atoms with van der Waals surface area (Å²) in [5.41, 5.74) is 7.57. The molecule has 1 heterocycles. The van der Waals surface area contributed by atoms with E-state index < -0.39 is 10.0 Å². The number of nitrogens with two attached hydrogens (primary N) is 1. The third-order valence-corrected chi connectivity index (χ3v) is 4.83. The highest BCUT2D eigenvalue weighted by molar-refractivity contribution is 7.89. The SMILES string of the molecule is Nc1ccc(S(=O)(=O)NCc2cncs2)c(Cl)c1. The Balaban J connectivity index is 2.20. The van der Waals surface area contributed by atoms with Crippen molar-refractivity contribution in [3.8, 4) is 0 Å². The Hall–Kier alpha value is -1.15. The molecule has 0 radical (unpaired) electrons. The maximum atomic E-state index is 12.0. The van der Waals surface area contributed by atoms with Gasteiger partial charge in [0.2, 0.25) is 10.0 Å². The van der Waals surface area contributed by atoms with E-state index in [0.717, 1.165) is 4.88 Å². The first-order valence-electron chi connectivity index (χ1n) is 4.91. The van der Waals surface area contributed by atoms with Crippen LogP contribution < -0.4 is 10.5 Å². The van der Waals surface area contributed by atoms with Gasteiger partial charge in [-0.25, -0.2) is 13.1 Å². The van der Waals surface area contributed by atoms with Gasteiger partial charge < -0.3 is 5.73 Å². The summed E-state index contributed by atoms with van der Waals surface area (Å²) in [6.07, 6.45) is 1.61. The molecule has 3 N–H and O–H groups in total. The van der Waals surface area contributed by atoms with Gasteiger partial charge in [0, 0.05) is 23.3 Å². The topological polar surface area (TPSA) is 85.1 Å². The molecule has 0 aliphatic rings. The molecule has 1 aromatic carbocycles. The number of aromatic nitrogens is 1. The lowest BCUT2D eigenvalue weighted by Gasteiger charge is -2.07. The van der Waals surface area contributed by atoms with E-state index in [1.54, 1.807) is 11.7 Å². The van der Waals surface area contributed by atoms with Crippen LogP contribution in [0.15, 0.2) is 34.8 Å². The van der Waals surface area contributed by atoms with Gasteiger partial charge in [-0.1, -0.05) is 11.6 Å². The number of thiazole rings is 1. The van der Waals surface area contributed by atoms with E-state index >= 15 is 0 Å². The lowest BCUT2D eigenvalue weighted by Crippen LogP contribution is -2.23. The highest BCUT2D eigenvalue weighted by Crippen LogP contribution is 2.23. The van der Waals surface area contributed by atoms with Crippen LogP contribution in [0.2, 0.25) is 5.02 Å². The first kappa shape index (κ1) is 13.3. The quantitative estimate of drug-likeness (QED) is 0.844. The molecule has 0 saturated heterocycles. The summed E-state index contributed by atoms with van der Waals surface area (Å²) in [4.78, 5) is 4.71. The molecule has 0 aliphatic carbocycles. The fourth-order valence-electron chi connectivity index (χ4n) is 1.31. The minimum absolute atomic E-state index is 0.0166. The molecule has 0 atom stereocenters. The summed E-state index contributed by atoms with van der Waals surface area (Å²) < 4.78 is 26.5. The van der Waals surface area contributed by atoms with Crippen molar-refractivity contribution in [1.29, 1.82) is 0 Å². The minimum Gasteiger partial charge on any atom is -0.399 e. The van der Waals surface area contributed by atoms with E-state index in [4.69, 9.17) is 17.3 Å². The minimum atomic E-state index is -3.64. The molecule has 2 rings (SSSR count). The average Bonchev–Trinajstić information content (AvgIpc) is 2.78. The van der Waals surface area contributed by atoms with Gasteiger partial charge in [0.25, 0.3) is 0 Å². The molecular weight excluding hydrogens is 294 g/mol. The van der Waals surface area contributed by atoms with Gasteiger partial charge in [-0.15, -0.1) is 11.3 Å². The highest BCUT2D eigenvalue weighted by Gasteiger charge is 2.17. The second kappa shape index (κ2) is 5.23. The van der Waals surface area contributed by atoms with Gasteiger partial charge in [-0.2, -0.15) is 0 Å². The number of halogens is 1. The van der Waals surface area contributed by atoms with Gasteiger partial charge in [0.15, 0.2) is 0 Å². The first-order chi connectivity index (χ1) is 8.49. The molecule has 0 saturated carbocycles. The Bertz CT molecular complexity index is 641. The number of benzene rings is 1. The summed E-state index contributed by atoms with van der Waals surface area (Å²) in [7, 11) is -3.64. The molecule has 0 fully saturated rings. The van der Waals surface area contributed by atoms with Gasteiger partial charge in [0.1, 0.15) is 4.90 Å². The number of nitrogens with zero attached hydrogens (tertiary/aromatic N) is 1. The van der Waals surface area contributed by atoms with Crippen LogP contribution in [-0.2, 0) is 16.6 Å². The van der Waals surface area contributed by atoms with Crippen LogP contribution in [0, 0.1) is 0 Å². The summed E-state index contributed by atoms with van der Waals surface area (Å²) in [5, 5.41) is 0.104. The molecule has 0 bridgehead atoms. The van der Waals surface area contributed by atoms with Crippen molar-refractivity contribution < 1.29 is 8.42 Å². The second-order valence-corrected chi connectivity index (χ2v) is 6.60. The lowest BCUT2D eigenvalue weighted by molar-refractivity contribution is 0.582. The number of hydrogen-bond donors (Lipinski definition) is 2. The van der Waals surface area contributed by atoms with Crippen LogP contribution in [0.5, 0.6) is 0 Å². The molecule has 18 heavy (non-hydrogen) atoms.